The van der Waals surface area contributed by atoms with Crippen molar-refractivity contribution in [1.82, 2.24) is 5.32 Å². The third kappa shape index (κ3) is 3.37. The Kier molecular flexibility index (Phi) is 4.48. The average Bonchev–Trinajstić information content (AvgIpc) is 2.66. The van der Waals surface area contributed by atoms with E-state index in [1.807, 2.05) is 25.1 Å². The van der Waals surface area contributed by atoms with Gasteiger partial charge in [-0.05, 0) is 62.5 Å². The molecule has 1 aromatic heterocycles. The average molecular weight is 375 g/mol. The molecule has 0 amide bonds. The number of rotatable bonds is 4. The topological polar surface area (TPSA) is 45.4 Å². The van der Waals surface area contributed by atoms with E-state index in [4.69, 9.17) is 4.42 Å². The molecule has 0 aliphatic heterocycles. The predicted octanol–water partition coefficient (Wildman–Crippen LogP) is 4.36. The molecule has 0 saturated heterocycles. The molecule has 1 atom stereocenters. The largest absolute Gasteiger partial charge is 0.508 e. The van der Waals surface area contributed by atoms with E-state index in [2.05, 4.69) is 37.2 Å². The van der Waals surface area contributed by atoms with Gasteiger partial charge in [-0.2, -0.15) is 0 Å². The molecule has 18 heavy (non-hydrogen) atoms. The summed E-state index contributed by atoms with van der Waals surface area (Å²) in [5.74, 6) is 1.13. The Morgan fingerprint density at radius 1 is 1.33 bits per heavy atom. The Morgan fingerprint density at radius 2 is 2.11 bits per heavy atom. The summed E-state index contributed by atoms with van der Waals surface area (Å²) in [6, 6.07) is 9.29. The summed E-state index contributed by atoms with van der Waals surface area (Å²) in [6.07, 6.45) is 0. The van der Waals surface area contributed by atoms with Gasteiger partial charge in [0.1, 0.15) is 11.5 Å². The molecule has 1 unspecified atom stereocenters. The Labute approximate surface area is 122 Å². The predicted molar refractivity (Wildman–Crippen MR) is 77.5 cm³/mol. The molecule has 1 heterocycles. The van der Waals surface area contributed by atoms with Crippen molar-refractivity contribution in [3.05, 3.63) is 50.8 Å². The maximum Gasteiger partial charge on any atom is 0.183 e. The molecule has 96 valence electrons. The molecule has 0 aliphatic carbocycles. The van der Waals surface area contributed by atoms with Crippen LogP contribution < -0.4 is 5.32 Å². The molecule has 2 aromatic rings. The van der Waals surface area contributed by atoms with Gasteiger partial charge in [0.15, 0.2) is 4.67 Å². The highest BCUT2D eigenvalue weighted by Gasteiger charge is 2.09. The molecule has 0 aliphatic rings. The molecule has 0 spiro atoms. The van der Waals surface area contributed by atoms with E-state index in [1.54, 1.807) is 12.1 Å². The van der Waals surface area contributed by atoms with Gasteiger partial charge in [-0.15, -0.1) is 0 Å². The molecule has 2 N–H and O–H groups in total. The van der Waals surface area contributed by atoms with Crippen molar-refractivity contribution in [3.8, 4) is 5.75 Å². The lowest BCUT2D eigenvalue weighted by Gasteiger charge is -2.13. The number of benzene rings is 1. The minimum atomic E-state index is 0.139. The molecular weight excluding hydrogens is 362 g/mol. The van der Waals surface area contributed by atoms with Gasteiger partial charge >= 0.3 is 0 Å². The van der Waals surface area contributed by atoms with Crippen molar-refractivity contribution < 1.29 is 9.52 Å². The minimum Gasteiger partial charge on any atom is -0.508 e. The van der Waals surface area contributed by atoms with Crippen molar-refractivity contribution in [3.63, 3.8) is 0 Å². The van der Waals surface area contributed by atoms with Crippen LogP contribution >= 0.6 is 31.9 Å². The normalized spacial score (nSPS) is 12.6. The van der Waals surface area contributed by atoms with Gasteiger partial charge in [0, 0.05) is 6.04 Å². The fourth-order valence-corrected chi connectivity index (χ4v) is 2.30. The van der Waals surface area contributed by atoms with Crippen LogP contribution in [0.1, 0.15) is 24.3 Å². The summed E-state index contributed by atoms with van der Waals surface area (Å²) in [6.45, 7) is 2.67. The van der Waals surface area contributed by atoms with Crippen LogP contribution in [-0.4, -0.2) is 5.11 Å². The lowest BCUT2D eigenvalue weighted by atomic mass is 10.1. The first kappa shape index (κ1) is 13.6. The summed E-state index contributed by atoms with van der Waals surface area (Å²) >= 11 is 6.68. The first-order valence-electron chi connectivity index (χ1n) is 5.52. The van der Waals surface area contributed by atoms with Crippen LogP contribution in [0.15, 0.2) is 43.9 Å². The summed E-state index contributed by atoms with van der Waals surface area (Å²) < 4.78 is 7.09. The fraction of sp³-hybridized carbons (Fsp3) is 0.231. The second kappa shape index (κ2) is 5.91. The first-order chi connectivity index (χ1) is 8.56. The highest BCUT2D eigenvalue weighted by Crippen LogP contribution is 2.27. The standard InChI is InChI=1S/C13H13Br2NO2/c1-8(9-3-2-4-10(17)5-9)16-7-11-6-12(14)13(15)18-11/h2-6,8,16-17H,7H2,1H3. The molecule has 0 fully saturated rings. The zero-order valence-corrected chi connectivity index (χ0v) is 13.0. The van der Waals surface area contributed by atoms with Crippen LogP contribution in [0.4, 0.5) is 0 Å². The van der Waals surface area contributed by atoms with E-state index in [9.17, 15) is 5.11 Å². The minimum absolute atomic E-state index is 0.139. The summed E-state index contributed by atoms with van der Waals surface area (Å²) in [5.41, 5.74) is 1.04. The van der Waals surface area contributed by atoms with Crippen molar-refractivity contribution in [2.45, 2.75) is 19.5 Å². The summed E-state index contributed by atoms with van der Waals surface area (Å²) in [5, 5.41) is 12.8. The van der Waals surface area contributed by atoms with Crippen LogP contribution in [0.3, 0.4) is 0 Å². The number of nitrogens with one attached hydrogen (secondary N) is 1. The van der Waals surface area contributed by atoms with Crippen LogP contribution in [-0.2, 0) is 6.54 Å². The lowest BCUT2D eigenvalue weighted by Crippen LogP contribution is -2.17. The number of phenolic OH excluding ortho intramolecular Hbond substituents is 1. The quantitative estimate of drug-likeness (QED) is 0.835. The van der Waals surface area contributed by atoms with Gasteiger partial charge in [-0.25, -0.2) is 0 Å². The smallest absolute Gasteiger partial charge is 0.183 e. The Bertz CT molecular complexity index is 520. The maximum absolute atomic E-state index is 9.43. The van der Waals surface area contributed by atoms with E-state index in [-0.39, 0.29) is 11.8 Å². The van der Waals surface area contributed by atoms with Crippen molar-refractivity contribution in [2.24, 2.45) is 0 Å². The van der Waals surface area contributed by atoms with Crippen LogP contribution in [0.2, 0.25) is 0 Å². The van der Waals surface area contributed by atoms with E-state index in [1.165, 1.54) is 0 Å². The molecule has 0 saturated carbocycles. The number of halogens is 2. The second-order valence-corrected chi connectivity index (χ2v) is 5.61. The van der Waals surface area contributed by atoms with Crippen molar-refractivity contribution in [2.75, 3.05) is 0 Å². The van der Waals surface area contributed by atoms with Gasteiger partial charge < -0.3 is 14.8 Å². The monoisotopic (exact) mass is 373 g/mol. The molecular formula is C13H13Br2NO2. The van der Waals surface area contributed by atoms with Gasteiger partial charge in [0.2, 0.25) is 0 Å². The van der Waals surface area contributed by atoms with Gasteiger partial charge in [-0.3, -0.25) is 0 Å². The molecule has 3 nitrogen and oxygen atoms in total. The Balaban J connectivity index is 1.98. The third-order valence-electron chi connectivity index (χ3n) is 2.65. The Morgan fingerprint density at radius 3 is 2.72 bits per heavy atom. The molecule has 1 aromatic carbocycles. The highest BCUT2D eigenvalue weighted by molar-refractivity contribution is 9.13. The molecule has 0 radical (unpaired) electrons. The van der Waals surface area contributed by atoms with E-state index < -0.39 is 0 Å². The summed E-state index contributed by atoms with van der Waals surface area (Å²) in [4.78, 5) is 0. The molecule has 5 heteroatoms. The van der Waals surface area contributed by atoms with Gasteiger partial charge in [-0.1, -0.05) is 12.1 Å². The van der Waals surface area contributed by atoms with Crippen LogP contribution in [0.5, 0.6) is 5.75 Å². The first-order valence-corrected chi connectivity index (χ1v) is 7.11. The van der Waals surface area contributed by atoms with Gasteiger partial charge in [0.25, 0.3) is 0 Å². The number of aromatic hydroxyl groups is 1. The van der Waals surface area contributed by atoms with E-state index >= 15 is 0 Å². The van der Waals surface area contributed by atoms with Gasteiger partial charge in [0.05, 0.1) is 11.0 Å². The molecule has 2 rings (SSSR count). The van der Waals surface area contributed by atoms with Crippen LogP contribution in [0, 0.1) is 0 Å². The second-order valence-electron chi connectivity index (χ2n) is 4.03. The zero-order valence-electron chi connectivity index (χ0n) is 9.78. The maximum atomic E-state index is 9.43. The molecule has 0 bridgehead atoms. The SMILES string of the molecule is CC(NCc1cc(Br)c(Br)o1)c1cccc(O)c1. The fourth-order valence-electron chi connectivity index (χ4n) is 1.64. The van der Waals surface area contributed by atoms with Crippen molar-refractivity contribution >= 4 is 31.9 Å². The lowest BCUT2D eigenvalue weighted by molar-refractivity contribution is 0.444. The number of hydrogen-bond acceptors (Lipinski definition) is 3. The Hall–Kier alpha value is -0.780. The number of phenols is 1. The number of furan rings is 1. The van der Waals surface area contributed by atoms with Crippen molar-refractivity contribution in [1.29, 1.82) is 0 Å². The summed E-state index contributed by atoms with van der Waals surface area (Å²) in [7, 11) is 0. The van der Waals surface area contributed by atoms with E-state index in [0.29, 0.717) is 11.2 Å². The zero-order chi connectivity index (χ0) is 13.1. The highest BCUT2D eigenvalue weighted by atomic mass is 79.9. The third-order valence-corrected chi connectivity index (χ3v) is 4.36. The van der Waals surface area contributed by atoms with E-state index in [0.717, 1.165) is 15.8 Å². The van der Waals surface area contributed by atoms with Crippen LogP contribution in [0.25, 0.3) is 0 Å². The number of hydrogen-bond donors (Lipinski definition) is 2.